The summed E-state index contributed by atoms with van der Waals surface area (Å²) in [5.41, 5.74) is 22.9. The fraction of sp³-hybridized carbons (Fsp3) is 0.222. The Kier molecular flexibility index (Phi) is 6.54. The van der Waals surface area contributed by atoms with Gasteiger partial charge in [0.05, 0.1) is 0 Å². The molecule has 1 unspecified atom stereocenters. The molecule has 0 radical (unpaired) electrons. The number of nitrogens with zero attached hydrogens (tertiary/aromatic N) is 1. The van der Waals surface area contributed by atoms with Crippen LogP contribution in [0.5, 0.6) is 0 Å². The Hall–Kier alpha value is -5.66. The minimum absolute atomic E-state index is 0.0998. The molecule has 0 heterocycles. The van der Waals surface area contributed by atoms with E-state index in [-0.39, 0.29) is 21.7 Å². The summed E-state index contributed by atoms with van der Waals surface area (Å²) in [5.74, 6) is 0. The van der Waals surface area contributed by atoms with E-state index in [0.717, 1.165) is 12.8 Å². The largest absolute Gasteiger partial charge is 0.310 e. The number of rotatable bonds is 3. The third-order valence-electron chi connectivity index (χ3n) is 14.3. The third kappa shape index (κ3) is 4.25. The van der Waals surface area contributed by atoms with Crippen molar-refractivity contribution < 1.29 is 0 Å². The fourth-order valence-electron chi connectivity index (χ4n) is 11.4. The molecule has 1 nitrogen and oxygen atoms in total. The molecule has 7 aromatic rings. The molecule has 0 aromatic heterocycles. The van der Waals surface area contributed by atoms with Crippen molar-refractivity contribution >= 4 is 17.1 Å². The van der Waals surface area contributed by atoms with Crippen LogP contribution in [0.25, 0.3) is 33.4 Å². The van der Waals surface area contributed by atoms with E-state index in [9.17, 15) is 0 Å². The molecule has 55 heavy (non-hydrogen) atoms. The van der Waals surface area contributed by atoms with Crippen molar-refractivity contribution in [1.82, 2.24) is 0 Å². The van der Waals surface area contributed by atoms with Gasteiger partial charge in [-0.1, -0.05) is 157 Å². The van der Waals surface area contributed by atoms with Gasteiger partial charge in [-0.25, -0.2) is 0 Å². The van der Waals surface area contributed by atoms with E-state index in [1.807, 2.05) is 0 Å². The highest BCUT2D eigenvalue weighted by molar-refractivity contribution is 5.91. The second-order valence-electron chi connectivity index (χ2n) is 18.2. The van der Waals surface area contributed by atoms with Crippen molar-refractivity contribution in [2.45, 2.75) is 76.0 Å². The van der Waals surface area contributed by atoms with E-state index in [1.54, 1.807) is 0 Å². The second-order valence-corrected chi connectivity index (χ2v) is 18.2. The lowest BCUT2D eigenvalue weighted by Crippen LogP contribution is -2.38. The van der Waals surface area contributed by atoms with Gasteiger partial charge in [-0.05, 0) is 133 Å². The van der Waals surface area contributed by atoms with Gasteiger partial charge < -0.3 is 4.90 Å². The monoisotopic (exact) mass is 709 g/mol. The van der Waals surface area contributed by atoms with E-state index in [0.29, 0.717) is 0 Å². The van der Waals surface area contributed by atoms with Gasteiger partial charge in [0.25, 0.3) is 0 Å². The molecular weight excluding hydrogens is 663 g/mol. The maximum absolute atomic E-state index is 2.56. The van der Waals surface area contributed by atoms with E-state index in [2.05, 4.69) is 198 Å². The molecule has 0 saturated carbocycles. The number of fused-ring (bicyclic) bond motifs is 13. The Morgan fingerprint density at radius 2 is 0.691 bits per heavy atom. The Morgan fingerprint density at radius 3 is 1.20 bits per heavy atom. The first-order valence-corrected chi connectivity index (χ1v) is 20.2. The minimum Gasteiger partial charge on any atom is -0.310 e. The highest BCUT2D eigenvalue weighted by Gasteiger charge is 2.50. The predicted molar refractivity (Wildman–Crippen MR) is 230 cm³/mol. The number of hydrogen-bond donors (Lipinski definition) is 0. The Labute approximate surface area is 326 Å². The molecule has 11 rings (SSSR count). The van der Waals surface area contributed by atoms with Crippen molar-refractivity contribution in [2.24, 2.45) is 0 Å². The molecule has 1 atom stereocenters. The van der Waals surface area contributed by atoms with Crippen LogP contribution in [-0.4, -0.2) is 0 Å². The van der Waals surface area contributed by atoms with E-state index in [1.165, 1.54) is 95.0 Å². The van der Waals surface area contributed by atoms with Crippen LogP contribution in [0.4, 0.5) is 17.1 Å². The van der Waals surface area contributed by atoms with Crippen molar-refractivity contribution in [3.8, 4) is 33.4 Å². The summed E-state index contributed by atoms with van der Waals surface area (Å²) in [5, 5.41) is 0. The van der Waals surface area contributed by atoms with Crippen molar-refractivity contribution in [1.29, 1.82) is 0 Å². The van der Waals surface area contributed by atoms with Crippen molar-refractivity contribution in [2.75, 3.05) is 4.90 Å². The summed E-state index contributed by atoms with van der Waals surface area (Å²) in [6.07, 6.45) is 2.22. The second kappa shape index (κ2) is 11.0. The summed E-state index contributed by atoms with van der Waals surface area (Å²) in [6, 6.07) is 58.3. The number of anilines is 3. The Bertz CT molecular complexity index is 2650. The van der Waals surface area contributed by atoms with Gasteiger partial charge in [-0.15, -0.1) is 0 Å². The zero-order valence-corrected chi connectivity index (χ0v) is 32.8. The topological polar surface area (TPSA) is 3.24 Å². The van der Waals surface area contributed by atoms with Crippen molar-refractivity contribution in [3.63, 3.8) is 0 Å². The predicted octanol–water partition coefficient (Wildman–Crippen LogP) is 14.2. The van der Waals surface area contributed by atoms with Gasteiger partial charge in [0.1, 0.15) is 0 Å². The lowest BCUT2D eigenvalue weighted by atomic mass is 9.58. The third-order valence-corrected chi connectivity index (χ3v) is 14.3. The Balaban J connectivity index is 1.16. The van der Waals surface area contributed by atoms with Crippen LogP contribution < -0.4 is 4.90 Å². The van der Waals surface area contributed by atoms with Crippen LogP contribution in [0.2, 0.25) is 0 Å². The van der Waals surface area contributed by atoms with Gasteiger partial charge >= 0.3 is 0 Å². The molecule has 4 aliphatic rings. The van der Waals surface area contributed by atoms with E-state index < -0.39 is 0 Å². The van der Waals surface area contributed by atoms with Crippen LogP contribution in [-0.2, 0) is 21.7 Å². The Morgan fingerprint density at radius 1 is 0.327 bits per heavy atom. The summed E-state index contributed by atoms with van der Waals surface area (Å²) in [7, 11) is 0. The average molecular weight is 710 g/mol. The zero-order chi connectivity index (χ0) is 37.5. The van der Waals surface area contributed by atoms with Gasteiger partial charge in [0.2, 0.25) is 0 Å². The first kappa shape index (κ1) is 32.7. The SMILES string of the molecule is CC1(C)CCC2(c3ccccc3-c3ccc(N(c4ccc5c(c4)C(C)(C)c4ccccc4-5)c4ccc5c(c4)C(C)(C)c4ccccc4-5)cc32)c2ccccc21. The van der Waals surface area contributed by atoms with Crippen LogP contribution in [0, 0.1) is 0 Å². The van der Waals surface area contributed by atoms with Crippen LogP contribution in [0.3, 0.4) is 0 Å². The highest BCUT2D eigenvalue weighted by Crippen LogP contribution is 2.61. The summed E-state index contributed by atoms with van der Waals surface area (Å²) >= 11 is 0. The smallest absolute Gasteiger partial charge is 0.0467 e. The van der Waals surface area contributed by atoms with Crippen LogP contribution in [0.15, 0.2) is 152 Å². The van der Waals surface area contributed by atoms with Gasteiger partial charge in [0.15, 0.2) is 0 Å². The molecule has 1 spiro atoms. The van der Waals surface area contributed by atoms with Crippen LogP contribution in [0.1, 0.15) is 98.9 Å². The molecule has 0 fully saturated rings. The zero-order valence-electron chi connectivity index (χ0n) is 32.8. The molecule has 1 heteroatoms. The number of hydrogen-bond acceptors (Lipinski definition) is 1. The normalized spacial score (nSPS) is 19.5. The molecular formula is C54H47N. The minimum atomic E-state index is -0.205. The fourth-order valence-corrected chi connectivity index (χ4v) is 11.4. The lowest BCUT2D eigenvalue weighted by molar-refractivity contribution is 0.369. The summed E-state index contributed by atoms with van der Waals surface area (Å²) < 4.78 is 0. The molecule has 0 amide bonds. The maximum atomic E-state index is 2.56. The van der Waals surface area contributed by atoms with Crippen molar-refractivity contribution in [3.05, 3.63) is 196 Å². The molecule has 4 aliphatic carbocycles. The average Bonchev–Trinajstić information content (AvgIpc) is 3.71. The summed E-state index contributed by atoms with van der Waals surface area (Å²) in [4.78, 5) is 2.55. The van der Waals surface area contributed by atoms with Gasteiger partial charge in [-0.3, -0.25) is 0 Å². The first-order valence-electron chi connectivity index (χ1n) is 20.2. The molecule has 0 N–H and O–H groups in total. The van der Waals surface area contributed by atoms with Gasteiger partial charge in [0, 0.05) is 33.3 Å². The highest BCUT2D eigenvalue weighted by atomic mass is 15.1. The van der Waals surface area contributed by atoms with Gasteiger partial charge in [-0.2, -0.15) is 0 Å². The number of benzene rings is 7. The standard InChI is InChI=1S/C54H47N/c1-51(2)29-30-54(47-22-14-13-21-46(47)51)45-20-12-9-17-39(45)42-28-25-36(33-50(42)54)55(34-23-26-40-37-15-7-10-18-43(37)52(3,4)48(40)31-34)35-24-27-41-38-16-8-11-19-44(38)53(5,6)49(41)32-35/h7-28,31-33H,29-30H2,1-6H3. The molecule has 0 saturated heterocycles. The molecule has 7 aromatic carbocycles. The summed E-state index contributed by atoms with van der Waals surface area (Å²) in [6.45, 7) is 14.4. The quantitative estimate of drug-likeness (QED) is 0.177. The van der Waals surface area contributed by atoms with E-state index in [4.69, 9.17) is 0 Å². The maximum Gasteiger partial charge on any atom is 0.0467 e. The first-order chi connectivity index (χ1) is 26.5. The lowest BCUT2D eigenvalue weighted by Gasteiger charge is -2.45. The van der Waals surface area contributed by atoms with Crippen LogP contribution >= 0.6 is 0 Å². The van der Waals surface area contributed by atoms with E-state index >= 15 is 0 Å². The molecule has 268 valence electrons. The molecule has 0 bridgehead atoms. The molecule has 0 aliphatic heterocycles.